The smallest absolute Gasteiger partial charge is 0.226 e. The molecule has 0 amide bonds. The van der Waals surface area contributed by atoms with Crippen molar-refractivity contribution < 1.29 is 0 Å². The van der Waals surface area contributed by atoms with E-state index in [-0.39, 0.29) is 0 Å². The van der Waals surface area contributed by atoms with Gasteiger partial charge in [0.1, 0.15) is 0 Å². The average molecular weight is 294 g/mol. The first-order valence-corrected chi connectivity index (χ1v) is 8.65. The Labute approximate surface area is 126 Å². The van der Waals surface area contributed by atoms with Crippen molar-refractivity contribution in [2.24, 2.45) is 0 Å². The predicted molar refractivity (Wildman–Crippen MR) is 84.8 cm³/mol. The van der Waals surface area contributed by atoms with Crippen LogP contribution in [-0.2, 0) is 0 Å². The first-order chi connectivity index (χ1) is 9.81. The van der Waals surface area contributed by atoms with E-state index in [1.807, 2.05) is 0 Å². The third-order valence-electron chi connectivity index (χ3n) is 4.62. The van der Waals surface area contributed by atoms with Crippen LogP contribution in [0.4, 0.5) is 5.95 Å². The Balaban J connectivity index is 1.85. The number of rotatable bonds is 6. The zero-order chi connectivity index (χ0) is 13.9. The van der Waals surface area contributed by atoms with Gasteiger partial charge in [0.15, 0.2) is 4.77 Å². The largest absolute Gasteiger partial charge is 0.338 e. The van der Waals surface area contributed by atoms with E-state index in [0.717, 1.165) is 17.3 Å². The van der Waals surface area contributed by atoms with Crippen molar-refractivity contribution >= 4 is 18.2 Å². The molecular formula is C15H26N4S. The quantitative estimate of drug-likeness (QED) is 0.798. The second kappa shape index (κ2) is 6.29. The molecule has 2 saturated carbocycles. The lowest BCUT2D eigenvalue weighted by Gasteiger charge is -2.29. The van der Waals surface area contributed by atoms with E-state index in [4.69, 9.17) is 12.2 Å². The van der Waals surface area contributed by atoms with Gasteiger partial charge in [-0.25, -0.2) is 5.10 Å². The lowest BCUT2D eigenvalue weighted by atomic mass is 9.95. The lowest BCUT2D eigenvalue weighted by molar-refractivity contribution is 0.349. The van der Waals surface area contributed by atoms with Gasteiger partial charge in [-0.05, 0) is 44.3 Å². The summed E-state index contributed by atoms with van der Waals surface area (Å²) in [4.78, 5) is 2.50. The van der Waals surface area contributed by atoms with Gasteiger partial charge < -0.3 is 4.90 Å². The Bertz CT molecular complexity index is 482. The average Bonchev–Trinajstić information content (AvgIpc) is 3.24. The third kappa shape index (κ3) is 2.92. The van der Waals surface area contributed by atoms with E-state index in [0.29, 0.717) is 12.1 Å². The fourth-order valence-electron chi connectivity index (χ4n) is 3.33. The van der Waals surface area contributed by atoms with Crippen molar-refractivity contribution in [2.45, 2.75) is 76.8 Å². The van der Waals surface area contributed by atoms with Crippen LogP contribution in [0.15, 0.2) is 0 Å². The molecule has 2 fully saturated rings. The second-order valence-electron chi connectivity index (χ2n) is 6.27. The summed E-state index contributed by atoms with van der Waals surface area (Å²) in [6, 6.07) is 1.27. The van der Waals surface area contributed by atoms with Crippen molar-refractivity contribution in [3.63, 3.8) is 0 Å². The Morgan fingerprint density at radius 3 is 2.65 bits per heavy atom. The summed E-state index contributed by atoms with van der Waals surface area (Å²) in [5.74, 6) is 1.11. The summed E-state index contributed by atoms with van der Waals surface area (Å²) >= 11 is 5.51. The molecule has 2 aliphatic rings. The zero-order valence-corrected chi connectivity index (χ0v) is 13.3. The minimum Gasteiger partial charge on any atom is -0.338 e. The van der Waals surface area contributed by atoms with Crippen LogP contribution in [0, 0.1) is 4.77 Å². The highest BCUT2D eigenvalue weighted by atomic mass is 32.1. The molecule has 3 rings (SSSR count). The number of aromatic nitrogens is 3. The van der Waals surface area contributed by atoms with Gasteiger partial charge in [0.25, 0.3) is 0 Å². The Hall–Kier alpha value is -0.840. The third-order valence-corrected chi connectivity index (χ3v) is 4.91. The molecule has 4 nitrogen and oxygen atoms in total. The van der Waals surface area contributed by atoms with E-state index >= 15 is 0 Å². The van der Waals surface area contributed by atoms with Gasteiger partial charge in [-0.2, -0.15) is 0 Å². The normalized spacial score (nSPS) is 20.2. The molecule has 112 valence electrons. The number of hydrogen-bond acceptors (Lipinski definition) is 3. The van der Waals surface area contributed by atoms with Crippen LogP contribution in [0.5, 0.6) is 0 Å². The van der Waals surface area contributed by atoms with Crippen LogP contribution < -0.4 is 4.90 Å². The maximum atomic E-state index is 5.51. The summed E-state index contributed by atoms with van der Waals surface area (Å²) in [7, 11) is 0. The van der Waals surface area contributed by atoms with Crippen LogP contribution in [-0.4, -0.2) is 27.4 Å². The summed E-state index contributed by atoms with van der Waals surface area (Å²) in [5.41, 5.74) is 0. The zero-order valence-electron chi connectivity index (χ0n) is 12.5. The molecular weight excluding hydrogens is 268 g/mol. The highest BCUT2D eigenvalue weighted by molar-refractivity contribution is 7.71. The van der Waals surface area contributed by atoms with E-state index in [1.165, 1.54) is 57.8 Å². The molecule has 0 atom stereocenters. The SMILES string of the molecule is CCCCN(c1n[nH]c(=S)n1C1CCCCC1)C1CC1. The van der Waals surface area contributed by atoms with E-state index < -0.39 is 0 Å². The Morgan fingerprint density at radius 1 is 1.25 bits per heavy atom. The van der Waals surface area contributed by atoms with Gasteiger partial charge in [0.05, 0.1) is 0 Å². The van der Waals surface area contributed by atoms with Gasteiger partial charge >= 0.3 is 0 Å². The number of H-pyrrole nitrogens is 1. The van der Waals surface area contributed by atoms with Crippen molar-refractivity contribution in [3.05, 3.63) is 4.77 Å². The standard InChI is InChI=1S/C15H26N4S/c1-2-3-11-18(12-9-10-12)14-16-17-15(20)19(14)13-7-5-4-6-8-13/h12-13H,2-11H2,1H3,(H,17,20). The van der Waals surface area contributed by atoms with Gasteiger partial charge in [-0.15, -0.1) is 5.10 Å². The van der Waals surface area contributed by atoms with Crippen LogP contribution in [0.2, 0.25) is 0 Å². The molecule has 20 heavy (non-hydrogen) atoms. The molecule has 1 heterocycles. The first-order valence-electron chi connectivity index (χ1n) is 8.24. The number of aromatic amines is 1. The molecule has 0 saturated heterocycles. The fraction of sp³-hybridized carbons (Fsp3) is 0.867. The van der Waals surface area contributed by atoms with Gasteiger partial charge in [-0.1, -0.05) is 32.6 Å². The monoisotopic (exact) mass is 294 g/mol. The Kier molecular flexibility index (Phi) is 4.44. The van der Waals surface area contributed by atoms with Gasteiger partial charge in [0.2, 0.25) is 5.95 Å². The number of nitrogens with one attached hydrogen (secondary N) is 1. The highest BCUT2D eigenvalue weighted by Crippen LogP contribution is 2.35. The molecule has 0 radical (unpaired) electrons. The molecule has 1 aromatic rings. The number of anilines is 1. The molecule has 5 heteroatoms. The molecule has 0 aromatic carbocycles. The summed E-state index contributed by atoms with van der Waals surface area (Å²) < 4.78 is 3.14. The Morgan fingerprint density at radius 2 is 2.00 bits per heavy atom. The van der Waals surface area contributed by atoms with Crippen LogP contribution in [0.1, 0.15) is 70.8 Å². The van der Waals surface area contributed by atoms with Crippen molar-refractivity contribution in [1.29, 1.82) is 0 Å². The van der Waals surface area contributed by atoms with Gasteiger partial charge in [-0.3, -0.25) is 4.57 Å². The fourth-order valence-corrected chi connectivity index (χ4v) is 3.60. The van der Waals surface area contributed by atoms with Gasteiger partial charge in [0, 0.05) is 18.6 Å². The molecule has 2 aliphatic carbocycles. The summed E-state index contributed by atoms with van der Waals surface area (Å²) in [6.07, 6.45) is 11.6. The maximum absolute atomic E-state index is 5.51. The maximum Gasteiger partial charge on any atom is 0.226 e. The molecule has 0 bridgehead atoms. The van der Waals surface area contributed by atoms with Crippen LogP contribution in [0.3, 0.4) is 0 Å². The van der Waals surface area contributed by atoms with Crippen molar-refractivity contribution in [3.8, 4) is 0 Å². The van der Waals surface area contributed by atoms with Crippen molar-refractivity contribution in [2.75, 3.05) is 11.4 Å². The molecule has 1 aromatic heterocycles. The summed E-state index contributed by atoms with van der Waals surface area (Å²) in [5, 5.41) is 7.63. The van der Waals surface area contributed by atoms with Crippen LogP contribution >= 0.6 is 12.2 Å². The minimum absolute atomic E-state index is 0.563. The van der Waals surface area contributed by atoms with E-state index in [2.05, 4.69) is 26.6 Å². The van der Waals surface area contributed by atoms with E-state index in [1.54, 1.807) is 0 Å². The molecule has 0 aliphatic heterocycles. The number of hydrogen-bond donors (Lipinski definition) is 1. The molecule has 1 N–H and O–H groups in total. The topological polar surface area (TPSA) is 36.9 Å². The van der Waals surface area contributed by atoms with Crippen LogP contribution in [0.25, 0.3) is 0 Å². The van der Waals surface area contributed by atoms with Crippen molar-refractivity contribution in [1.82, 2.24) is 14.8 Å². The summed E-state index contributed by atoms with van der Waals surface area (Å²) in [6.45, 7) is 3.37. The predicted octanol–water partition coefficient (Wildman–Crippen LogP) is 4.21. The lowest BCUT2D eigenvalue weighted by Crippen LogP contribution is -2.31. The van der Waals surface area contributed by atoms with E-state index in [9.17, 15) is 0 Å². The second-order valence-corrected chi connectivity index (χ2v) is 6.66. The number of nitrogens with zero attached hydrogens (tertiary/aromatic N) is 3. The molecule has 0 spiro atoms. The first kappa shape index (κ1) is 14.1. The highest BCUT2D eigenvalue weighted by Gasteiger charge is 2.33. The minimum atomic E-state index is 0.563. The number of unbranched alkanes of at least 4 members (excludes halogenated alkanes) is 1. The molecule has 0 unspecified atom stereocenters.